The van der Waals surface area contributed by atoms with E-state index in [0.29, 0.717) is 18.8 Å². The summed E-state index contributed by atoms with van der Waals surface area (Å²) in [7, 11) is 0. The molecule has 24 heavy (non-hydrogen) atoms. The number of hydrogen-bond donors (Lipinski definition) is 2. The number of rotatable bonds is 7. The Kier molecular flexibility index (Phi) is 5.03. The Balaban J connectivity index is 1.82. The second-order valence-electron chi connectivity index (χ2n) is 5.48. The van der Waals surface area contributed by atoms with Gasteiger partial charge >= 0.3 is 0 Å². The molecule has 0 aliphatic rings. The maximum atomic E-state index is 11.0. The lowest BCUT2D eigenvalue weighted by molar-refractivity contribution is -0.119. The van der Waals surface area contributed by atoms with Crippen molar-refractivity contribution in [1.29, 1.82) is 0 Å². The van der Waals surface area contributed by atoms with Crippen molar-refractivity contribution in [1.82, 2.24) is 10.3 Å². The molecule has 122 valence electrons. The fourth-order valence-electron chi connectivity index (χ4n) is 2.62. The molecule has 1 amide bonds. The Morgan fingerprint density at radius 3 is 2.75 bits per heavy atom. The maximum Gasteiger partial charge on any atom is 0.255 e. The van der Waals surface area contributed by atoms with Crippen LogP contribution in [0, 0.1) is 0 Å². The largest absolute Gasteiger partial charge is 0.483 e. The van der Waals surface area contributed by atoms with Crippen LogP contribution in [0.3, 0.4) is 0 Å². The van der Waals surface area contributed by atoms with Gasteiger partial charge in [0.1, 0.15) is 5.75 Å². The number of carbonyl (C=O) groups is 1. The third-order valence-corrected chi connectivity index (χ3v) is 3.72. The zero-order valence-corrected chi connectivity index (χ0v) is 13.2. The van der Waals surface area contributed by atoms with E-state index in [1.54, 1.807) is 6.20 Å². The van der Waals surface area contributed by atoms with Gasteiger partial charge < -0.3 is 15.8 Å². The third kappa shape index (κ3) is 3.88. The Hall–Kier alpha value is -2.92. The van der Waals surface area contributed by atoms with Gasteiger partial charge in [0.2, 0.25) is 0 Å². The SMILES string of the molecule is NC(=O)COc1ccc2ccccc2c1CNCc1cccnc1. The van der Waals surface area contributed by atoms with Crippen molar-refractivity contribution < 1.29 is 9.53 Å². The van der Waals surface area contributed by atoms with E-state index < -0.39 is 5.91 Å². The summed E-state index contributed by atoms with van der Waals surface area (Å²) in [6.07, 6.45) is 3.59. The van der Waals surface area contributed by atoms with Crippen LogP contribution in [0.15, 0.2) is 60.9 Å². The highest BCUT2D eigenvalue weighted by Gasteiger charge is 2.10. The third-order valence-electron chi connectivity index (χ3n) is 3.72. The highest BCUT2D eigenvalue weighted by Crippen LogP contribution is 2.28. The van der Waals surface area contributed by atoms with Crippen molar-refractivity contribution in [3.63, 3.8) is 0 Å². The monoisotopic (exact) mass is 321 g/mol. The highest BCUT2D eigenvalue weighted by molar-refractivity contribution is 5.88. The number of benzene rings is 2. The van der Waals surface area contributed by atoms with Crippen molar-refractivity contribution in [3.8, 4) is 5.75 Å². The standard InChI is InChI=1S/C19H19N3O2/c20-19(23)13-24-18-8-7-15-5-1-2-6-16(15)17(18)12-22-11-14-4-3-9-21-10-14/h1-10,22H,11-13H2,(H2,20,23). The van der Waals surface area contributed by atoms with Crippen LogP contribution in [0.1, 0.15) is 11.1 Å². The summed E-state index contributed by atoms with van der Waals surface area (Å²) >= 11 is 0. The summed E-state index contributed by atoms with van der Waals surface area (Å²) in [6, 6.07) is 15.9. The molecule has 0 atom stereocenters. The predicted molar refractivity (Wildman–Crippen MR) is 93.4 cm³/mol. The molecule has 0 fully saturated rings. The lowest BCUT2D eigenvalue weighted by Crippen LogP contribution is -2.21. The summed E-state index contributed by atoms with van der Waals surface area (Å²) in [6.45, 7) is 1.19. The molecule has 0 saturated carbocycles. The van der Waals surface area contributed by atoms with Crippen molar-refractivity contribution in [2.45, 2.75) is 13.1 Å². The summed E-state index contributed by atoms with van der Waals surface area (Å²) < 4.78 is 5.58. The molecule has 0 aliphatic carbocycles. The van der Waals surface area contributed by atoms with E-state index in [1.807, 2.05) is 48.7 Å². The Bertz CT molecular complexity index is 834. The second kappa shape index (κ2) is 7.57. The van der Waals surface area contributed by atoms with Crippen LogP contribution in [0.25, 0.3) is 10.8 Å². The van der Waals surface area contributed by atoms with Crippen molar-refractivity contribution in [3.05, 3.63) is 72.1 Å². The molecule has 2 aromatic carbocycles. The molecule has 0 bridgehead atoms. The summed E-state index contributed by atoms with van der Waals surface area (Å²) in [5.74, 6) is 0.184. The van der Waals surface area contributed by atoms with Crippen LogP contribution in [-0.2, 0) is 17.9 Å². The number of hydrogen-bond acceptors (Lipinski definition) is 4. The molecule has 0 saturated heterocycles. The number of ether oxygens (including phenoxy) is 1. The minimum Gasteiger partial charge on any atom is -0.483 e. The van der Waals surface area contributed by atoms with Crippen LogP contribution in [0.5, 0.6) is 5.75 Å². The van der Waals surface area contributed by atoms with Gasteiger partial charge in [0.05, 0.1) is 0 Å². The van der Waals surface area contributed by atoms with Gasteiger partial charge in [-0.3, -0.25) is 9.78 Å². The Labute approximate surface area is 140 Å². The van der Waals surface area contributed by atoms with Gasteiger partial charge in [-0.1, -0.05) is 36.4 Å². The number of primary amides is 1. The fourth-order valence-corrected chi connectivity index (χ4v) is 2.62. The van der Waals surface area contributed by atoms with Crippen molar-refractivity contribution in [2.75, 3.05) is 6.61 Å². The number of carbonyl (C=O) groups excluding carboxylic acids is 1. The van der Waals surface area contributed by atoms with Crippen LogP contribution < -0.4 is 15.8 Å². The first-order valence-corrected chi connectivity index (χ1v) is 7.75. The first-order chi connectivity index (χ1) is 11.7. The van der Waals surface area contributed by atoms with E-state index in [2.05, 4.69) is 16.4 Å². The topological polar surface area (TPSA) is 77.2 Å². The maximum absolute atomic E-state index is 11.0. The second-order valence-corrected chi connectivity index (χ2v) is 5.48. The lowest BCUT2D eigenvalue weighted by atomic mass is 10.0. The predicted octanol–water partition coefficient (Wildman–Crippen LogP) is 2.39. The van der Waals surface area contributed by atoms with E-state index in [9.17, 15) is 4.79 Å². The summed E-state index contributed by atoms with van der Waals surface area (Å²) in [4.78, 5) is 15.1. The average molecular weight is 321 g/mol. The molecular weight excluding hydrogens is 302 g/mol. The number of aromatic nitrogens is 1. The summed E-state index contributed by atoms with van der Waals surface area (Å²) in [5.41, 5.74) is 7.31. The van der Waals surface area contributed by atoms with E-state index in [-0.39, 0.29) is 6.61 Å². The van der Waals surface area contributed by atoms with Crippen LogP contribution in [-0.4, -0.2) is 17.5 Å². The molecule has 1 heterocycles. The quantitative estimate of drug-likeness (QED) is 0.700. The molecule has 3 aromatic rings. The number of fused-ring (bicyclic) bond motifs is 1. The van der Waals surface area contributed by atoms with Gasteiger partial charge in [-0.15, -0.1) is 0 Å². The number of amides is 1. The van der Waals surface area contributed by atoms with Crippen LogP contribution in [0.2, 0.25) is 0 Å². The minimum absolute atomic E-state index is 0.131. The molecular formula is C19H19N3O2. The van der Waals surface area contributed by atoms with Crippen LogP contribution >= 0.6 is 0 Å². The highest BCUT2D eigenvalue weighted by atomic mass is 16.5. The smallest absolute Gasteiger partial charge is 0.255 e. The van der Waals surface area contributed by atoms with Gasteiger partial charge in [-0.25, -0.2) is 0 Å². The van der Waals surface area contributed by atoms with Crippen LogP contribution in [0.4, 0.5) is 0 Å². The minimum atomic E-state index is -0.488. The first-order valence-electron chi connectivity index (χ1n) is 7.75. The van der Waals surface area contributed by atoms with Crippen molar-refractivity contribution in [2.24, 2.45) is 5.73 Å². The molecule has 0 spiro atoms. The molecule has 5 nitrogen and oxygen atoms in total. The number of nitrogens with two attached hydrogens (primary N) is 1. The van der Waals surface area contributed by atoms with Gasteiger partial charge in [-0.05, 0) is 28.5 Å². The van der Waals surface area contributed by atoms with Gasteiger partial charge in [0.15, 0.2) is 6.61 Å². The zero-order chi connectivity index (χ0) is 16.8. The molecule has 5 heteroatoms. The Morgan fingerprint density at radius 1 is 1.08 bits per heavy atom. The molecule has 0 radical (unpaired) electrons. The zero-order valence-electron chi connectivity index (χ0n) is 13.2. The molecule has 3 N–H and O–H groups in total. The number of pyridine rings is 1. The van der Waals surface area contributed by atoms with Gasteiger partial charge in [-0.2, -0.15) is 0 Å². The molecule has 1 aromatic heterocycles. The lowest BCUT2D eigenvalue weighted by Gasteiger charge is -2.14. The van der Waals surface area contributed by atoms with Crippen molar-refractivity contribution >= 4 is 16.7 Å². The van der Waals surface area contributed by atoms with E-state index in [0.717, 1.165) is 21.9 Å². The van der Waals surface area contributed by atoms with E-state index in [1.165, 1.54) is 0 Å². The van der Waals surface area contributed by atoms with Gasteiger partial charge in [0.25, 0.3) is 5.91 Å². The summed E-state index contributed by atoms with van der Waals surface area (Å²) in [5, 5.41) is 5.62. The molecule has 3 rings (SSSR count). The normalized spacial score (nSPS) is 10.7. The number of nitrogens with one attached hydrogen (secondary N) is 1. The number of nitrogens with zero attached hydrogens (tertiary/aromatic N) is 1. The van der Waals surface area contributed by atoms with E-state index >= 15 is 0 Å². The Morgan fingerprint density at radius 2 is 1.96 bits per heavy atom. The molecule has 0 unspecified atom stereocenters. The van der Waals surface area contributed by atoms with Gasteiger partial charge in [0, 0.05) is 31.0 Å². The fraction of sp³-hybridized carbons (Fsp3) is 0.158. The van der Waals surface area contributed by atoms with E-state index in [4.69, 9.17) is 10.5 Å². The molecule has 0 aliphatic heterocycles. The average Bonchev–Trinajstić information content (AvgIpc) is 2.61. The first kappa shape index (κ1) is 16.0.